The molecular formula is C40H24N2OS. The maximum atomic E-state index is 6.11. The smallest absolute Gasteiger partial charge is 0.159 e. The van der Waals surface area contributed by atoms with Gasteiger partial charge in [0.15, 0.2) is 5.82 Å². The topological polar surface area (TPSA) is 35.0 Å². The van der Waals surface area contributed by atoms with Crippen LogP contribution in [-0.4, -0.2) is 9.97 Å². The highest BCUT2D eigenvalue weighted by Gasteiger charge is 2.18. The molecule has 206 valence electrons. The molecule has 7 aromatic carbocycles. The Morgan fingerprint density at radius 2 is 0.955 bits per heavy atom. The summed E-state index contributed by atoms with van der Waals surface area (Å²) in [5.41, 5.74) is 5.49. The first kappa shape index (κ1) is 25.1. The number of hydrogen-bond donors (Lipinski definition) is 0. The molecule has 0 bridgehead atoms. The average molecular weight is 581 g/mol. The van der Waals surface area contributed by atoms with E-state index in [1.54, 1.807) is 11.8 Å². The Kier molecular flexibility index (Phi) is 5.75. The molecule has 1 aliphatic rings. The molecule has 0 saturated heterocycles. The maximum absolute atomic E-state index is 6.11. The van der Waals surface area contributed by atoms with Gasteiger partial charge in [0.25, 0.3) is 0 Å². The minimum absolute atomic E-state index is 0.712. The van der Waals surface area contributed by atoms with Gasteiger partial charge in [-0.2, -0.15) is 0 Å². The van der Waals surface area contributed by atoms with Crippen LogP contribution in [0.15, 0.2) is 156 Å². The molecule has 0 spiro atoms. The van der Waals surface area contributed by atoms with Crippen LogP contribution in [0.5, 0.6) is 11.5 Å². The van der Waals surface area contributed by atoms with Crippen molar-refractivity contribution < 1.29 is 4.74 Å². The second-order valence-corrected chi connectivity index (χ2v) is 12.1. The number of para-hydroxylation sites is 1. The van der Waals surface area contributed by atoms with Gasteiger partial charge in [-0.3, -0.25) is 0 Å². The standard InChI is InChI=1S/C40H24N2OS/c1-2-8-25(9-3-1)26-14-17-32-33-18-15-28(21-35(33)31-11-5-4-10-30(31)34(32)20-26)40-41-23-29(24-42-40)27-16-19-37-39(22-27)44-38-13-7-6-12-36(38)43-37/h1-24H. The highest BCUT2D eigenvalue weighted by Crippen LogP contribution is 2.48. The molecule has 9 rings (SSSR count). The van der Waals surface area contributed by atoms with E-state index in [2.05, 4.69) is 109 Å². The molecule has 1 aliphatic heterocycles. The molecule has 0 aliphatic carbocycles. The number of benzene rings is 7. The van der Waals surface area contributed by atoms with Crippen molar-refractivity contribution in [2.75, 3.05) is 0 Å². The van der Waals surface area contributed by atoms with Crippen molar-refractivity contribution in [2.45, 2.75) is 9.79 Å². The van der Waals surface area contributed by atoms with Crippen LogP contribution in [0, 0.1) is 0 Å². The number of aromatic nitrogens is 2. The fourth-order valence-electron chi connectivity index (χ4n) is 6.24. The van der Waals surface area contributed by atoms with Crippen LogP contribution in [-0.2, 0) is 0 Å². The summed E-state index contributed by atoms with van der Waals surface area (Å²) in [5, 5.41) is 7.43. The minimum Gasteiger partial charge on any atom is -0.455 e. The largest absolute Gasteiger partial charge is 0.455 e. The van der Waals surface area contributed by atoms with E-state index in [1.807, 2.05) is 36.7 Å². The predicted molar refractivity (Wildman–Crippen MR) is 181 cm³/mol. The molecule has 2 heterocycles. The number of hydrogen-bond acceptors (Lipinski definition) is 4. The zero-order valence-corrected chi connectivity index (χ0v) is 24.4. The SMILES string of the molecule is c1ccc(-c2ccc3c4ccc(-c5ncc(-c6ccc7c(c6)Sc6ccccc6O7)cn5)cc4c4ccccc4c3c2)cc1. The van der Waals surface area contributed by atoms with Gasteiger partial charge >= 0.3 is 0 Å². The van der Waals surface area contributed by atoms with E-state index >= 15 is 0 Å². The number of fused-ring (bicyclic) bond motifs is 8. The van der Waals surface area contributed by atoms with Gasteiger partial charge in [0.05, 0.1) is 9.79 Å². The highest BCUT2D eigenvalue weighted by atomic mass is 32.2. The first-order valence-electron chi connectivity index (χ1n) is 14.6. The van der Waals surface area contributed by atoms with E-state index in [1.165, 1.54) is 43.4 Å². The Labute approximate surface area is 258 Å². The predicted octanol–water partition coefficient (Wildman–Crippen LogP) is 11.2. The molecule has 0 atom stereocenters. The Bertz CT molecular complexity index is 2360. The third-order valence-electron chi connectivity index (χ3n) is 8.42. The van der Waals surface area contributed by atoms with Crippen molar-refractivity contribution in [1.82, 2.24) is 9.97 Å². The molecular weight excluding hydrogens is 557 g/mol. The number of ether oxygens (including phenoxy) is 1. The lowest BCUT2D eigenvalue weighted by molar-refractivity contribution is 0.454. The fourth-order valence-corrected chi connectivity index (χ4v) is 7.23. The molecule has 1 aromatic heterocycles. The van der Waals surface area contributed by atoms with Gasteiger partial charge in [-0.15, -0.1) is 0 Å². The quantitative estimate of drug-likeness (QED) is 0.195. The molecule has 4 heteroatoms. The molecule has 0 fully saturated rings. The fraction of sp³-hybridized carbons (Fsp3) is 0. The van der Waals surface area contributed by atoms with Gasteiger partial charge in [-0.25, -0.2) is 9.97 Å². The summed E-state index contributed by atoms with van der Waals surface area (Å²) in [6, 6.07) is 47.1. The van der Waals surface area contributed by atoms with Crippen LogP contribution in [0.4, 0.5) is 0 Å². The second-order valence-electron chi connectivity index (χ2n) is 11.0. The lowest BCUT2D eigenvalue weighted by atomic mass is 9.91. The van der Waals surface area contributed by atoms with Gasteiger partial charge in [-0.1, -0.05) is 109 Å². The molecule has 44 heavy (non-hydrogen) atoms. The third-order valence-corrected chi connectivity index (χ3v) is 9.52. The van der Waals surface area contributed by atoms with Gasteiger partial charge in [0.1, 0.15) is 11.5 Å². The van der Waals surface area contributed by atoms with Gasteiger partial charge < -0.3 is 4.74 Å². The van der Waals surface area contributed by atoms with E-state index in [4.69, 9.17) is 14.7 Å². The molecule has 8 aromatic rings. The van der Waals surface area contributed by atoms with Gasteiger partial charge in [0, 0.05) is 23.5 Å². The summed E-state index contributed by atoms with van der Waals surface area (Å²) >= 11 is 1.73. The van der Waals surface area contributed by atoms with Crippen molar-refractivity contribution in [3.05, 3.63) is 146 Å². The van der Waals surface area contributed by atoms with Crippen LogP contribution in [0.2, 0.25) is 0 Å². The maximum Gasteiger partial charge on any atom is 0.159 e. The van der Waals surface area contributed by atoms with E-state index in [9.17, 15) is 0 Å². The monoisotopic (exact) mass is 580 g/mol. The van der Waals surface area contributed by atoms with Crippen molar-refractivity contribution in [3.63, 3.8) is 0 Å². The molecule has 3 nitrogen and oxygen atoms in total. The minimum atomic E-state index is 0.712. The lowest BCUT2D eigenvalue weighted by Crippen LogP contribution is -1.95. The van der Waals surface area contributed by atoms with Gasteiger partial charge in [-0.05, 0) is 85.4 Å². The Hall–Kier alpha value is -5.45. The molecule has 0 radical (unpaired) electrons. The number of rotatable bonds is 3. The Balaban J connectivity index is 1.10. The summed E-state index contributed by atoms with van der Waals surface area (Å²) in [6.07, 6.45) is 3.83. The highest BCUT2D eigenvalue weighted by molar-refractivity contribution is 7.99. The van der Waals surface area contributed by atoms with E-state index in [0.717, 1.165) is 38.0 Å². The normalized spacial score (nSPS) is 12.2. The molecule has 0 saturated carbocycles. The first-order valence-corrected chi connectivity index (χ1v) is 15.5. The number of nitrogens with zero attached hydrogens (tertiary/aromatic N) is 2. The molecule has 0 unspecified atom stereocenters. The third kappa shape index (κ3) is 4.15. The summed E-state index contributed by atoms with van der Waals surface area (Å²) in [6.45, 7) is 0. The summed E-state index contributed by atoms with van der Waals surface area (Å²) < 4.78 is 6.11. The Morgan fingerprint density at radius 1 is 0.386 bits per heavy atom. The van der Waals surface area contributed by atoms with E-state index in [0.29, 0.717) is 5.82 Å². The van der Waals surface area contributed by atoms with E-state index < -0.39 is 0 Å². The van der Waals surface area contributed by atoms with Crippen LogP contribution < -0.4 is 4.74 Å². The van der Waals surface area contributed by atoms with Crippen LogP contribution in [0.25, 0.3) is 66.0 Å². The van der Waals surface area contributed by atoms with Crippen molar-refractivity contribution >= 4 is 44.1 Å². The first-order chi connectivity index (χ1) is 21.8. The molecule has 0 N–H and O–H groups in total. The van der Waals surface area contributed by atoms with Crippen molar-refractivity contribution in [2.24, 2.45) is 0 Å². The molecule has 0 amide bonds. The van der Waals surface area contributed by atoms with Crippen molar-refractivity contribution in [3.8, 4) is 45.1 Å². The average Bonchev–Trinajstić information content (AvgIpc) is 3.10. The van der Waals surface area contributed by atoms with Crippen molar-refractivity contribution in [1.29, 1.82) is 0 Å². The summed E-state index contributed by atoms with van der Waals surface area (Å²) in [7, 11) is 0. The second kappa shape index (κ2) is 10.1. The zero-order valence-electron chi connectivity index (χ0n) is 23.6. The van der Waals surface area contributed by atoms with Crippen LogP contribution in [0.3, 0.4) is 0 Å². The Morgan fingerprint density at radius 3 is 1.73 bits per heavy atom. The lowest BCUT2D eigenvalue weighted by Gasteiger charge is -2.20. The van der Waals surface area contributed by atoms with Crippen LogP contribution >= 0.6 is 11.8 Å². The zero-order chi connectivity index (χ0) is 29.0. The summed E-state index contributed by atoms with van der Waals surface area (Å²) in [4.78, 5) is 11.9. The van der Waals surface area contributed by atoms with E-state index in [-0.39, 0.29) is 0 Å². The van der Waals surface area contributed by atoms with Crippen LogP contribution in [0.1, 0.15) is 0 Å². The summed E-state index contributed by atoms with van der Waals surface area (Å²) in [5.74, 6) is 2.49. The van der Waals surface area contributed by atoms with Gasteiger partial charge in [0.2, 0.25) is 0 Å².